The van der Waals surface area contributed by atoms with Gasteiger partial charge in [0, 0.05) is 0 Å². The topological polar surface area (TPSA) is 20.2 Å². The zero-order chi connectivity index (χ0) is 8.85. The molecule has 0 aromatic carbocycles. The molecule has 0 aliphatic carbocycles. The lowest BCUT2D eigenvalue weighted by atomic mass is 10.2. The first kappa shape index (κ1) is 10.4. The summed E-state index contributed by atoms with van der Waals surface area (Å²) in [5.41, 5.74) is 0.377. The molecular formula is C9H15FO. The minimum absolute atomic E-state index is 0.214. The molecule has 0 bridgehead atoms. The van der Waals surface area contributed by atoms with Crippen LogP contribution in [0.15, 0.2) is 23.6 Å². The van der Waals surface area contributed by atoms with Gasteiger partial charge in [-0.3, -0.25) is 0 Å². The first-order valence-corrected chi connectivity index (χ1v) is 3.72. The summed E-state index contributed by atoms with van der Waals surface area (Å²) in [6.45, 7) is 5.30. The number of aliphatic hydroxyl groups is 1. The van der Waals surface area contributed by atoms with E-state index in [1.54, 1.807) is 13.0 Å². The maximum atomic E-state index is 12.8. The zero-order valence-corrected chi connectivity index (χ0v) is 7.26. The van der Waals surface area contributed by atoms with Gasteiger partial charge in [0.2, 0.25) is 0 Å². The number of halogens is 1. The van der Waals surface area contributed by atoms with E-state index in [-0.39, 0.29) is 12.4 Å². The van der Waals surface area contributed by atoms with Gasteiger partial charge in [-0.15, -0.1) is 0 Å². The number of hydrogen-bond donors (Lipinski definition) is 1. The van der Waals surface area contributed by atoms with Crippen molar-refractivity contribution in [1.29, 1.82) is 0 Å². The molecule has 0 aliphatic heterocycles. The molecule has 0 atom stereocenters. The van der Waals surface area contributed by atoms with Crippen LogP contribution in [-0.4, -0.2) is 11.7 Å². The average molecular weight is 158 g/mol. The van der Waals surface area contributed by atoms with Gasteiger partial charge in [-0.1, -0.05) is 19.9 Å². The summed E-state index contributed by atoms with van der Waals surface area (Å²) in [4.78, 5) is 0. The Morgan fingerprint density at radius 2 is 2.09 bits per heavy atom. The highest BCUT2D eigenvalue weighted by molar-refractivity contribution is 5.18. The van der Waals surface area contributed by atoms with E-state index in [4.69, 9.17) is 5.11 Å². The summed E-state index contributed by atoms with van der Waals surface area (Å²) < 4.78 is 12.8. The highest BCUT2D eigenvalue weighted by atomic mass is 19.1. The third-order valence-electron chi connectivity index (χ3n) is 1.27. The molecule has 0 spiro atoms. The van der Waals surface area contributed by atoms with Crippen molar-refractivity contribution in [2.24, 2.45) is 5.92 Å². The van der Waals surface area contributed by atoms with Crippen molar-refractivity contribution in [2.45, 2.75) is 20.8 Å². The molecule has 1 N–H and O–H groups in total. The van der Waals surface area contributed by atoms with Gasteiger partial charge >= 0.3 is 0 Å². The van der Waals surface area contributed by atoms with Crippen molar-refractivity contribution in [3.8, 4) is 0 Å². The van der Waals surface area contributed by atoms with Crippen LogP contribution in [0, 0.1) is 5.92 Å². The third kappa shape index (κ3) is 4.73. The van der Waals surface area contributed by atoms with Crippen molar-refractivity contribution in [3.05, 3.63) is 23.6 Å². The van der Waals surface area contributed by atoms with Gasteiger partial charge in [-0.2, -0.15) is 0 Å². The number of hydrogen-bond acceptors (Lipinski definition) is 1. The molecule has 0 aliphatic rings. The molecule has 0 saturated carbocycles. The second kappa shape index (κ2) is 5.08. The molecule has 2 heteroatoms. The van der Waals surface area contributed by atoms with Crippen molar-refractivity contribution in [3.63, 3.8) is 0 Å². The second-order valence-electron chi connectivity index (χ2n) is 2.89. The maximum absolute atomic E-state index is 12.8. The minimum Gasteiger partial charge on any atom is -0.392 e. The van der Waals surface area contributed by atoms with E-state index >= 15 is 0 Å². The van der Waals surface area contributed by atoms with Gasteiger partial charge in [0.05, 0.1) is 6.61 Å². The molecule has 0 amide bonds. The summed E-state index contributed by atoms with van der Waals surface area (Å²) in [5.74, 6) is 0.00782. The lowest BCUT2D eigenvalue weighted by Gasteiger charge is -1.96. The summed E-state index contributed by atoms with van der Waals surface area (Å²) >= 11 is 0. The van der Waals surface area contributed by atoms with Gasteiger partial charge in [-0.05, 0) is 24.5 Å². The Bertz CT molecular complexity index is 168. The van der Waals surface area contributed by atoms with E-state index in [9.17, 15) is 4.39 Å². The second-order valence-corrected chi connectivity index (χ2v) is 2.89. The standard InChI is InChI=1S/C9H15FO/c1-7(2)4-5-9(10)8(3)6-11/h4-5,7,11H,6H2,1-3H3/b5-4-,9-8-. The first-order chi connectivity index (χ1) is 5.07. The van der Waals surface area contributed by atoms with Gasteiger partial charge in [0.15, 0.2) is 0 Å². The molecule has 64 valence electrons. The van der Waals surface area contributed by atoms with Crippen LogP contribution >= 0.6 is 0 Å². The van der Waals surface area contributed by atoms with E-state index in [1.165, 1.54) is 6.08 Å². The molecule has 0 aromatic rings. The zero-order valence-electron chi connectivity index (χ0n) is 7.26. The van der Waals surface area contributed by atoms with E-state index in [0.29, 0.717) is 11.5 Å². The van der Waals surface area contributed by atoms with Gasteiger partial charge in [0.25, 0.3) is 0 Å². The molecule has 0 unspecified atom stereocenters. The van der Waals surface area contributed by atoms with Crippen LogP contribution < -0.4 is 0 Å². The Kier molecular flexibility index (Phi) is 4.79. The monoisotopic (exact) mass is 158 g/mol. The van der Waals surface area contributed by atoms with Crippen LogP contribution in [0.4, 0.5) is 4.39 Å². The van der Waals surface area contributed by atoms with Crippen molar-refractivity contribution in [2.75, 3.05) is 6.61 Å². The predicted octanol–water partition coefficient (Wildman–Crippen LogP) is 2.43. The van der Waals surface area contributed by atoms with E-state index in [2.05, 4.69) is 0 Å². The Labute approximate surface area is 67.2 Å². The molecule has 0 fully saturated rings. The van der Waals surface area contributed by atoms with Crippen LogP contribution in [0.5, 0.6) is 0 Å². The smallest absolute Gasteiger partial charge is 0.124 e. The Morgan fingerprint density at radius 1 is 1.55 bits per heavy atom. The summed E-state index contributed by atoms with van der Waals surface area (Å²) in [6.07, 6.45) is 3.16. The molecule has 0 saturated heterocycles. The Morgan fingerprint density at radius 3 is 2.45 bits per heavy atom. The van der Waals surface area contributed by atoms with Crippen LogP contribution in [0.25, 0.3) is 0 Å². The molecule has 0 heterocycles. The Balaban J connectivity index is 4.15. The number of aliphatic hydroxyl groups excluding tert-OH is 1. The van der Waals surface area contributed by atoms with E-state index in [0.717, 1.165) is 0 Å². The summed E-state index contributed by atoms with van der Waals surface area (Å²) in [6, 6.07) is 0. The Hall–Kier alpha value is -0.630. The lowest BCUT2D eigenvalue weighted by molar-refractivity contribution is 0.327. The first-order valence-electron chi connectivity index (χ1n) is 3.72. The quantitative estimate of drug-likeness (QED) is 0.625. The van der Waals surface area contributed by atoms with Crippen LogP contribution in [0.2, 0.25) is 0 Å². The highest BCUT2D eigenvalue weighted by Crippen LogP contribution is 2.08. The van der Waals surface area contributed by atoms with Crippen molar-refractivity contribution in [1.82, 2.24) is 0 Å². The van der Waals surface area contributed by atoms with Gasteiger partial charge < -0.3 is 5.11 Å². The van der Waals surface area contributed by atoms with Crippen molar-refractivity contribution >= 4 is 0 Å². The normalized spacial score (nSPS) is 14.4. The van der Waals surface area contributed by atoms with E-state index in [1.807, 2.05) is 13.8 Å². The van der Waals surface area contributed by atoms with Crippen LogP contribution in [-0.2, 0) is 0 Å². The fourth-order valence-electron chi connectivity index (χ4n) is 0.495. The van der Waals surface area contributed by atoms with Crippen LogP contribution in [0.3, 0.4) is 0 Å². The van der Waals surface area contributed by atoms with Gasteiger partial charge in [0.1, 0.15) is 5.83 Å². The van der Waals surface area contributed by atoms with Crippen LogP contribution in [0.1, 0.15) is 20.8 Å². The van der Waals surface area contributed by atoms with E-state index < -0.39 is 0 Å². The molecule has 0 aromatic heterocycles. The number of rotatable bonds is 3. The molecule has 11 heavy (non-hydrogen) atoms. The largest absolute Gasteiger partial charge is 0.392 e. The average Bonchev–Trinajstić information content (AvgIpc) is 1.98. The fraction of sp³-hybridized carbons (Fsp3) is 0.556. The molecule has 0 radical (unpaired) electrons. The maximum Gasteiger partial charge on any atom is 0.124 e. The highest BCUT2D eigenvalue weighted by Gasteiger charge is 1.94. The lowest BCUT2D eigenvalue weighted by Crippen LogP contribution is -1.87. The molecule has 1 nitrogen and oxygen atoms in total. The van der Waals surface area contributed by atoms with Gasteiger partial charge in [-0.25, -0.2) is 4.39 Å². The number of allylic oxidation sites excluding steroid dienone is 3. The van der Waals surface area contributed by atoms with Crippen molar-refractivity contribution < 1.29 is 9.50 Å². The minimum atomic E-state index is -0.332. The summed E-state index contributed by atoms with van der Waals surface area (Å²) in [5, 5.41) is 8.54. The molecule has 0 rings (SSSR count). The molecular weight excluding hydrogens is 143 g/mol. The fourth-order valence-corrected chi connectivity index (χ4v) is 0.495. The summed E-state index contributed by atoms with van der Waals surface area (Å²) in [7, 11) is 0. The third-order valence-corrected chi connectivity index (χ3v) is 1.27. The SMILES string of the molecule is C/C(CO)=C(F)\C=C/C(C)C. The predicted molar refractivity (Wildman–Crippen MR) is 44.9 cm³/mol.